The molecule has 10 heteroatoms. The van der Waals surface area contributed by atoms with Crippen LogP contribution in [0.1, 0.15) is 16.1 Å². The van der Waals surface area contributed by atoms with Crippen LogP contribution in [0.2, 0.25) is 0 Å². The lowest BCUT2D eigenvalue weighted by atomic mass is 10.2. The van der Waals surface area contributed by atoms with Crippen LogP contribution in [0, 0.1) is 0 Å². The first-order chi connectivity index (χ1) is 13.1. The van der Waals surface area contributed by atoms with Crippen LogP contribution in [0.4, 0.5) is 5.69 Å². The summed E-state index contributed by atoms with van der Waals surface area (Å²) in [6, 6.07) is 9.65. The van der Waals surface area contributed by atoms with Crippen LogP contribution in [-0.2, 0) is 10.6 Å². The van der Waals surface area contributed by atoms with Crippen molar-refractivity contribution in [2.24, 2.45) is 5.10 Å². The maximum atomic E-state index is 11.4. The van der Waals surface area contributed by atoms with Crippen molar-refractivity contribution in [2.75, 3.05) is 26.1 Å². The van der Waals surface area contributed by atoms with Gasteiger partial charge in [-0.2, -0.15) is 14.9 Å². The molecule has 0 N–H and O–H groups in total. The summed E-state index contributed by atoms with van der Waals surface area (Å²) < 4.78 is 7.86. The van der Waals surface area contributed by atoms with Crippen LogP contribution >= 0.6 is 11.8 Å². The highest BCUT2D eigenvalue weighted by atomic mass is 32.2. The highest BCUT2D eigenvalue weighted by Crippen LogP contribution is 2.17. The second kappa shape index (κ2) is 8.49. The lowest BCUT2D eigenvalue weighted by Crippen LogP contribution is -2.08. The van der Waals surface area contributed by atoms with Gasteiger partial charge in [0, 0.05) is 26.0 Å². The van der Waals surface area contributed by atoms with Gasteiger partial charge in [0.25, 0.3) is 0 Å². The molecule has 3 rings (SSSR count). The molecule has 0 radical (unpaired) electrons. The first-order valence-electron chi connectivity index (χ1n) is 8.03. The van der Waals surface area contributed by atoms with E-state index in [0.29, 0.717) is 11.0 Å². The Labute approximate surface area is 160 Å². The number of hydrogen-bond acceptors (Lipinski definition) is 8. The first-order valence-corrected chi connectivity index (χ1v) is 9.01. The topological polar surface area (TPSA) is 90.4 Å². The summed E-state index contributed by atoms with van der Waals surface area (Å²) in [5.41, 5.74) is 2.36. The Morgan fingerprint density at radius 1 is 1.30 bits per heavy atom. The molecule has 0 aliphatic heterocycles. The number of benzene rings is 1. The summed E-state index contributed by atoms with van der Waals surface area (Å²) in [6.45, 7) is 0. The molecular formula is C17H19N7O2S. The molecule has 140 valence electrons. The number of nitrogens with zero attached hydrogens (tertiary/aromatic N) is 7. The molecule has 0 aliphatic rings. The molecule has 2 aromatic heterocycles. The van der Waals surface area contributed by atoms with Crippen LogP contribution in [-0.4, -0.2) is 58.0 Å². The van der Waals surface area contributed by atoms with Gasteiger partial charge in [-0.05, 0) is 23.8 Å². The van der Waals surface area contributed by atoms with Crippen molar-refractivity contribution in [3.63, 3.8) is 0 Å². The summed E-state index contributed by atoms with van der Waals surface area (Å²) in [5.74, 6) is -0.00487. The molecule has 0 saturated heterocycles. The first kappa shape index (κ1) is 18.6. The number of carbonyl (C=O) groups excluding carboxylic acids is 1. The monoisotopic (exact) mass is 385 g/mol. The minimum Gasteiger partial charge on any atom is -0.464 e. The second-order valence-electron chi connectivity index (χ2n) is 5.69. The van der Waals surface area contributed by atoms with Crippen molar-refractivity contribution in [1.29, 1.82) is 0 Å². The maximum Gasteiger partial charge on any atom is 0.358 e. The van der Waals surface area contributed by atoms with E-state index in [1.807, 2.05) is 43.3 Å². The van der Waals surface area contributed by atoms with Crippen LogP contribution < -0.4 is 4.90 Å². The van der Waals surface area contributed by atoms with Gasteiger partial charge in [0.05, 0.1) is 19.2 Å². The second-order valence-corrected chi connectivity index (χ2v) is 6.61. The van der Waals surface area contributed by atoms with Gasteiger partial charge in [0.15, 0.2) is 5.69 Å². The number of aromatic nitrogens is 5. The SMILES string of the molecule is COC(=O)c1ccn(CSc2nncn2N=Cc2ccc(N(C)C)cc2)n1. The molecule has 0 spiro atoms. The van der Waals surface area contributed by atoms with E-state index in [2.05, 4.69) is 25.1 Å². The smallest absolute Gasteiger partial charge is 0.358 e. The lowest BCUT2D eigenvalue weighted by molar-refractivity contribution is 0.0593. The fourth-order valence-corrected chi connectivity index (χ4v) is 2.87. The van der Waals surface area contributed by atoms with E-state index in [-0.39, 0.29) is 5.69 Å². The molecule has 0 aliphatic carbocycles. The standard InChI is InChI=1S/C17H19N7O2S/c1-22(2)14-6-4-13(5-7-14)10-19-24-11-18-20-17(24)27-12-23-9-8-15(21-23)16(25)26-3/h4-11H,12H2,1-3H3. The van der Waals surface area contributed by atoms with Gasteiger partial charge in [0.2, 0.25) is 5.16 Å². The number of esters is 1. The Balaban J connectivity index is 1.63. The molecule has 0 saturated carbocycles. The normalized spacial score (nSPS) is 11.1. The van der Waals surface area contributed by atoms with E-state index in [1.165, 1.54) is 25.2 Å². The third-order valence-electron chi connectivity index (χ3n) is 3.60. The zero-order valence-electron chi connectivity index (χ0n) is 15.2. The molecule has 3 aromatic rings. The highest BCUT2D eigenvalue weighted by Gasteiger charge is 2.10. The van der Waals surface area contributed by atoms with Crippen LogP contribution in [0.3, 0.4) is 0 Å². The number of anilines is 1. The Morgan fingerprint density at radius 3 is 2.78 bits per heavy atom. The summed E-state index contributed by atoms with van der Waals surface area (Å²) >= 11 is 1.40. The van der Waals surface area contributed by atoms with Gasteiger partial charge < -0.3 is 9.64 Å². The fraction of sp³-hybridized carbons (Fsp3) is 0.235. The number of hydrogen-bond donors (Lipinski definition) is 0. The zero-order valence-corrected chi connectivity index (χ0v) is 16.0. The Bertz CT molecular complexity index is 931. The van der Waals surface area contributed by atoms with Crippen molar-refractivity contribution < 1.29 is 9.53 Å². The van der Waals surface area contributed by atoms with Crippen molar-refractivity contribution in [3.05, 3.63) is 54.1 Å². The third-order valence-corrected chi connectivity index (χ3v) is 4.52. The van der Waals surface area contributed by atoms with Gasteiger partial charge >= 0.3 is 5.97 Å². The lowest BCUT2D eigenvalue weighted by Gasteiger charge is -2.11. The summed E-state index contributed by atoms with van der Waals surface area (Å²) in [7, 11) is 5.32. The predicted molar refractivity (Wildman–Crippen MR) is 103 cm³/mol. The van der Waals surface area contributed by atoms with Crippen LogP contribution in [0.15, 0.2) is 53.1 Å². The largest absolute Gasteiger partial charge is 0.464 e. The predicted octanol–water partition coefficient (Wildman–Crippen LogP) is 1.96. The van der Waals surface area contributed by atoms with Crippen molar-refractivity contribution in [2.45, 2.75) is 11.0 Å². The van der Waals surface area contributed by atoms with E-state index >= 15 is 0 Å². The molecule has 0 atom stereocenters. The molecule has 9 nitrogen and oxygen atoms in total. The highest BCUT2D eigenvalue weighted by molar-refractivity contribution is 7.98. The number of rotatable bonds is 7. The quantitative estimate of drug-likeness (QED) is 0.349. The van der Waals surface area contributed by atoms with Gasteiger partial charge in [-0.1, -0.05) is 23.9 Å². The van der Waals surface area contributed by atoms with Crippen LogP contribution in [0.25, 0.3) is 0 Å². The molecule has 0 bridgehead atoms. The van der Waals surface area contributed by atoms with E-state index in [0.717, 1.165) is 11.3 Å². The van der Waals surface area contributed by atoms with Crippen molar-refractivity contribution >= 4 is 29.6 Å². The van der Waals surface area contributed by atoms with Crippen molar-refractivity contribution in [3.8, 4) is 0 Å². The summed E-state index contributed by atoms with van der Waals surface area (Å²) in [4.78, 5) is 13.5. The molecule has 1 aromatic carbocycles. The van der Waals surface area contributed by atoms with E-state index in [4.69, 9.17) is 0 Å². The number of thioether (sulfide) groups is 1. The molecule has 2 heterocycles. The average molecular weight is 385 g/mol. The molecule has 27 heavy (non-hydrogen) atoms. The van der Waals surface area contributed by atoms with Gasteiger partial charge in [-0.15, -0.1) is 10.2 Å². The van der Waals surface area contributed by atoms with Crippen LogP contribution in [0.5, 0.6) is 0 Å². The molecule has 0 fully saturated rings. The van der Waals surface area contributed by atoms with Gasteiger partial charge in [0.1, 0.15) is 6.33 Å². The average Bonchev–Trinajstić information content (AvgIpc) is 3.33. The molecule has 0 unspecified atom stereocenters. The molecule has 0 amide bonds. The van der Waals surface area contributed by atoms with Gasteiger partial charge in [-0.3, -0.25) is 4.68 Å². The summed E-state index contributed by atoms with van der Waals surface area (Å²) in [5, 5.41) is 17.1. The summed E-state index contributed by atoms with van der Waals surface area (Å²) in [6.07, 6.45) is 4.99. The minimum absolute atomic E-state index is 0.263. The minimum atomic E-state index is -0.466. The fourth-order valence-electron chi connectivity index (χ4n) is 2.15. The Morgan fingerprint density at radius 2 is 2.07 bits per heavy atom. The van der Waals surface area contributed by atoms with E-state index in [1.54, 1.807) is 27.8 Å². The third kappa shape index (κ3) is 4.73. The van der Waals surface area contributed by atoms with Crippen molar-refractivity contribution in [1.82, 2.24) is 24.7 Å². The number of methoxy groups -OCH3 is 1. The van der Waals surface area contributed by atoms with E-state index < -0.39 is 5.97 Å². The number of carbonyl (C=O) groups is 1. The Hall–Kier alpha value is -3.14. The maximum absolute atomic E-state index is 11.4. The Kier molecular flexibility index (Phi) is 5.87. The van der Waals surface area contributed by atoms with E-state index in [9.17, 15) is 4.79 Å². The van der Waals surface area contributed by atoms with Gasteiger partial charge in [-0.25, -0.2) is 4.79 Å². The zero-order chi connectivity index (χ0) is 19.2. The number of ether oxygens (including phenoxy) is 1. The molecular weight excluding hydrogens is 366 g/mol.